The molecule has 6 heteroatoms. The van der Waals surface area contributed by atoms with Gasteiger partial charge in [-0.2, -0.15) is 0 Å². The summed E-state index contributed by atoms with van der Waals surface area (Å²) in [6, 6.07) is 7.53. The van der Waals surface area contributed by atoms with Crippen molar-refractivity contribution in [3.05, 3.63) is 69.9 Å². The number of amides is 1. The number of carbonyl (C=O) groups is 1. The molecule has 130 valence electrons. The molecule has 0 unspecified atom stereocenters. The van der Waals surface area contributed by atoms with E-state index in [1.54, 1.807) is 30.6 Å². The Morgan fingerprint density at radius 3 is 2.65 bits per heavy atom. The molecule has 5 rings (SSSR count). The Labute approximate surface area is 150 Å². The van der Waals surface area contributed by atoms with Crippen LogP contribution in [0.2, 0.25) is 0 Å². The number of pyridine rings is 1. The van der Waals surface area contributed by atoms with Gasteiger partial charge in [0.15, 0.2) is 0 Å². The van der Waals surface area contributed by atoms with Gasteiger partial charge in [-0.05, 0) is 48.6 Å². The topological polar surface area (TPSA) is 68.1 Å². The Hall–Kier alpha value is -3.02. The van der Waals surface area contributed by atoms with Gasteiger partial charge < -0.3 is 9.47 Å². The first-order chi connectivity index (χ1) is 12.7. The number of fused-ring (bicyclic) bond motifs is 2. The molecule has 1 aliphatic heterocycles. The van der Waals surface area contributed by atoms with E-state index in [1.807, 2.05) is 21.7 Å². The van der Waals surface area contributed by atoms with Gasteiger partial charge in [0.2, 0.25) is 0 Å². The Morgan fingerprint density at radius 1 is 1.04 bits per heavy atom. The second-order valence-corrected chi connectivity index (χ2v) is 7.04. The van der Waals surface area contributed by atoms with Crippen LogP contribution in [0.5, 0.6) is 0 Å². The summed E-state index contributed by atoms with van der Waals surface area (Å²) in [5, 5.41) is 0. The molecule has 2 aliphatic rings. The largest absolute Gasteiger partial charge is 0.334 e. The number of hydrogen-bond acceptors (Lipinski definition) is 4. The fourth-order valence-corrected chi connectivity index (χ4v) is 3.64. The highest BCUT2D eigenvalue weighted by molar-refractivity contribution is 5.97. The summed E-state index contributed by atoms with van der Waals surface area (Å²) in [5.41, 5.74) is 4.35. The minimum atomic E-state index is -0.00706. The lowest BCUT2D eigenvalue weighted by atomic mass is 10.0. The molecule has 1 aromatic carbocycles. The molecular weight excluding hydrogens is 328 g/mol. The van der Waals surface area contributed by atoms with Crippen molar-refractivity contribution >= 4 is 16.9 Å². The molecule has 6 nitrogen and oxygen atoms in total. The smallest absolute Gasteiger partial charge is 0.254 e. The quantitative estimate of drug-likeness (QED) is 0.714. The van der Waals surface area contributed by atoms with Gasteiger partial charge in [-0.1, -0.05) is 0 Å². The molecule has 1 aliphatic carbocycles. The van der Waals surface area contributed by atoms with Crippen molar-refractivity contribution in [3.8, 4) is 0 Å². The van der Waals surface area contributed by atoms with E-state index < -0.39 is 0 Å². The molecule has 0 N–H and O–H groups in total. The summed E-state index contributed by atoms with van der Waals surface area (Å²) < 4.78 is 1.83. The van der Waals surface area contributed by atoms with Crippen LogP contribution in [0.1, 0.15) is 40.4 Å². The zero-order valence-electron chi connectivity index (χ0n) is 14.3. The van der Waals surface area contributed by atoms with Crippen LogP contribution in [-0.2, 0) is 13.0 Å². The van der Waals surface area contributed by atoms with E-state index in [2.05, 4.69) is 9.97 Å². The molecule has 0 spiro atoms. The van der Waals surface area contributed by atoms with E-state index in [-0.39, 0.29) is 11.5 Å². The predicted octanol–water partition coefficient (Wildman–Crippen LogP) is 2.32. The van der Waals surface area contributed by atoms with E-state index >= 15 is 0 Å². The predicted molar refractivity (Wildman–Crippen MR) is 97.0 cm³/mol. The zero-order chi connectivity index (χ0) is 17.7. The Bertz CT molecular complexity index is 1080. The average Bonchev–Trinajstić information content (AvgIpc) is 3.51. The number of hydrogen-bond donors (Lipinski definition) is 0. The molecule has 0 saturated heterocycles. The molecule has 1 amide bonds. The maximum absolute atomic E-state index is 13.0. The van der Waals surface area contributed by atoms with Crippen LogP contribution in [-0.4, -0.2) is 31.9 Å². The summed E-state index contributed by atoms with van der Waals surface area (Å²) in [4.78, 5) is 35.5. The van der Waals surface area contributed by atoms with Gasteiger partial charge in [0.25, 0.3) is 11.5 Å². The first-order valence-electron chi connectivity index (χ1n) is 8.93. The summed E-state index contributed by atoms with van der Waals surface area (Å²) in [7, 11) is 0. The van der Waals surface area contributed by atoms with Crippen molar-refractivity contribution in [2.24, 2.45) is 0 Å². The lowest BCUT2D eigenvalue weighted by Crippen LogP contribution is -2.37. The molecule has 26 heavy (non-hydrogen) atoms. The van der Waals surface area contributed by atoms with E-state index in [0.29, 0.717) is 24.7 Å². The van der Waals surface area contributed by atoms with E-state index in [0.717, 1.165) is 41.4 Å². The van der Waals surface area contributed by atoms with Gasteiger partial charge in [0.05, 0.1) is 11.0 Å². The molecule has 3 aromatic rings. The Kier molecular flexibility index (Phi) is 3.38. The van der Waals surface area contributed by atoms with Gasteiger partial charge in [0, 0.05) is 49.4 Å². The molecule has 2 aromatic heterocycles. The maximum atomic E-state index is 13.0. The normalized spacial score (nSPS) is 16.5. The van der Waals surface area contributed by atoms with Crippen LogP contribution in [0.25, 0.3) is 11.0 Å². The first kappa shape index (κ1) is 15.3. The van der Waals surface area contributed by atoms with E-state index in [9.17, 15) is 9.59 Å². The number of carbonyl (C=O) groups excluding carboxylic acids is 1. The fraction of sp³-hybridized carbons (Fsp3) is 0.300. The third-order valence-corrected chi connectivity index (χ3v) is 5.22. The van der Waals surface area contributed by atoms with Crippen LogP contribution in [0, 0.1) is 0 Å². The molecule has 0 atom stereocenters. The number of rotatable bonds is 2. The van der Waals surface area contributed by atoms with Crippen LogP contribution in [0.15, 0.2) is 47.7 Å². The maximum Gasteiger partial charge on any atom is 0.254 e. The highest BCUT2D eigenvalue weighted by Gasteiger charge is 2.27. The minimum absolute atomic E-state index is 0.00706. The number of nitrogens with zero attached hydrogens (tertiary/aromatic N) is 4. The lowest BCUT2D eigenvalue weighted by Gasteiger charge is -2.29. The second-order valence-electron chi connectivity index (χ2n) is 7.04. The standard InChI is InChI=1S/C20H18N4O2/c25-19-10-13-5-8-23(11-15(13)12-24(19)16-2-3-16)20(26)14-1-4-17-18(9-14)22-7-6-21-17/h1,4,6-7,9-10,12,16H,2-3,5,8,11H2. The van der Waals surface area contributed by atoms with Crippen molar-refractivity contribution in [2.75, 3.05) is 6.54 Å². The monoisotopic (exact) mass is 346 g/mol. The van der Waals surface area contributed by atoms with Crippen LogP contribution < -0.4 is 5.56 Å². The van der Waals surface area contributed by atoms with Crippen LogP contribution >= 0.6 is 0 Å². The van der Waals surface area contributed by atoms with Gasteiger partial charge in [-0.15, -0.1) is 0 Å². The zero-order valence-corrected chi connectivity index (χ0v) is 14.3. The number of benzene rings is 1. The highest BCUT2D eigenvalue weighted by Crippen LogP contribution is 2.34. The van der Waals surface area contributed by atoms with Gasteiger partial charge >= 0.3 is 0 Å². The van der Waals surface area contributed by atoms with Gasteiger partial charge in [0.1, 0.15) is 0 Å². The molecule has 1 saturated carbocycles. The lowest BCUT2D eigenvalue weighted by molar-refractivity contribution is 0.0734. The average molecular weight is 346 g/mol. The SMILES string of the molecule is O=C(c1ccc2nccnc2c1)N1CCc2cc(=O)n(C3CC3)cc2C1. The van der Waals surface area contributed by atoms with Gasteiger partial charge in [-0.25, -0.2) is 0 Å². The van der Waals surface area contributed by atoms with Crippen molar-refractivity contribution < 1.29 is 4.79 Å². The summed E-state index contributed by atoms with van der Waals surface area (Å²) >= 11 is 0. The summed E-state index contributed by atoms with van der Waals surface area (Å²) in [5.74, 6) is -0.00706. The van der Waals surface area contributed by atoms with E-state index in [1.165, 1.54) is 0 Å². The Balaban J connectivity index is 1.45. The Morgan fingerprint density at radius 2 is 1.85 bits per heavy atom. The van der Waals surface area contributed by atoms with E-state index in [4.69, 9.17) is 0 Å². The third kappa shape index (κ3) is 2.58. The van der Waals surface area contributed by atoms with Crippen molar-refractivity contribution in [1.82, 2.24) is 19.4 Å². The molecule has 0 bridgehead atoms. The molecule has 0 radical (unpaired) electrons. The molecule has 3 heterocycles. The first-order valence-corrected chi connectivity index (χ1v) is 8.93. The van der Waals surface area contributed by atoms with Crippen molar-refractivity contribution in [2.45, 2.75) is 31.8 Å². The second kappa shape index (κ2) is 5.76. The number of aromatic nitrogens is 3. The van der Waals surface area contributed by atoms with Gasteiger partial charge in [-0.3, -0.25) is 19.6 Å². The third-order valence-electron chi connectivity index (χ3n) is 5.22. The van der Waals surface area contributed by atoms with Crippen LogP contribution in [0.4, 0.5) is 0 Å². The minimum Gasteiger partial charge on any atom is -0.334 e. The molecular formula is C20H18N4O2. The molecule has 1 fully saturated rings. The summed E-state index contributed by atoms with van der Waals surface area (Å²) in [6.07, 6.45) is 8.09. The van der Waals surface area contributed by atoms with Crippen LogP contribution in [0.3, 0.4) is 0 Å². The van der Waals surface area contributed by atoms with Crippen molar-refractivity contribution in [1.29, 1.82) is 0 Å². The van der Waals surface area contributed by atoms with Crippen molar-refractivity contribution in [3.63, 3.8) is 0 Å². The summed E-state index contributed by atoms with van der Waals surface area (Å²) in [6.45, 7) is 1.16. The highest BCUT2D eigenvalue weighted by atomic mass is 16.2. The fourth-order valence-electron chi connectivity index (χ4n) is 3.64.